The third-order valence-electron chi connectivity index (χ3n) is 3.39. The van der Waals surface area contributed by atoms with Crippen LogP contribution in [0.2, 0.25) is 0 Å². The van der Waals surface area contributed by atoms with E-state index in [-0.39, 0.29) is 0 Å². The quantitative estimate of drug-likeness (QED) is 0.656. The second-order valence-electron chi connectivity index (χ2n) is 4.48. The van der Waals surface area contributed by atoms with E-state index in [4.69, 9.17) is 0 Å². The number of hydrogen-bond acceptors (Lipinski definition) is 1. The molecule has 88 valence electrons. The Bertz CT molecular complexity index is 708. The standard InChI is InChI=1S/C17H14O/c1-12-14(9-5-11-17(12)18)16-10-4-7-13-6-2-3-8-15(13)16/h2-11,18H,1H3. The Hall–Kier alpha value is -2.28. The summed E-state index contributed by atoms with van der Waals surface area (Å²) in [5.74, 6) is 0.348. The van der Waals surface area contributed by atoms with Crippen LogP contribution in [0, 0.1) is 6.92 Å². The van der Waals surface area contributed by atoms with Gasteiger partial charge in [0, 0.05) is 0 Å². The fourth-order valence-electron chi connectivity index (χ4n) is 2.38. The molecule has 0 fully saturated rings. The van der Waals surface area contributed by atoms with Gasteiger partial charge in [0.2, 0.25) is 0 Å². The predicted octanol–water partition coefficient (Wildman–Crippen LogP) is 4.52. The molecule has 0 amide bonds. The van der Waals surface area contributed by atoms with Crippen LogP contribution in [0.25, 0.3) is 21.9 Å². The monoisotopic (exact) mass is 234 g/mol. The molecule has 3 rings (SSSR count). The lowest BCUT2D eigenvalue weighted by Gasteiger charge is -2.10. The van der Waals surface area contributed by atoms with Crippen LogP contribution in [0.3, 0.4) is 0 Å². The summed E-state index contributed by atoms with van der Waals surface area (Å²) in [5.41, 5.74) is 3.18. The molecular formula is C17H14O. The third-order valence-corrected chi connectivity index (χ3v) is 3.39. The molecule has 0 saturated carbocycles. The second-order valence-corrected chi connectivity index (χ2v) is 4.48. The molecule has 0 aliphatic rings. The molecule has 0 atom stereocenters. The summed E-state index contributed by atoms with van der Waals surface area (Å²) in [6.07, 6.45) is 0. The van der Waals surface area contributed by atoms with Crippen molar-refractivity contribution >= 4 is 10.8 Å². The Labute approximate surface area is 106 Å². The number of hydrogen-bond donors (Lipinski definition) is 1. The second kappa shape index (κ2) is 4.19. The molecule has 18 heavy (non-hydrogen) atoms. The molecule has 0 bridgehead atoms. The molecule has 0 saturated heterocycles. The van der Waals surface area contributed by atoms with E-state index in [1.165, 1.54) is 16.3 Å². The minimum atomic E-state index is 0.348. The van der Waals surface area contributed by atoms with Crippen molar-refractivity contribution in [1.82, 2.24) is 0 Å². The van der Waals surface area contributed by atoms with E-state index in [0.717, 1.165) is 11.1 Å². The third kappa shape index (κ3) is 1.65. The zero-order valence-corrected chi connectivity index (χ0v) is 10.2. The number of rotatable bonds is 1. The highest BCUT2D eigenvalue weighted by atomic mass is 16.3. The van der Waals surface area contributed by atoms with Gasteiger partial charge in [0.15, 0.2) is 0 Å². The number of fused-ring (bicyclic) bond motifs is 1. The van der Waals surface area contributed by atoms with Gasteiger partial charge in [-0.3, -0.25) is 0 Å². The van der Waals surface area contributed by atoms with E-state index in [0.29, 0.717) is 5.75 Å². The fourth-order valence-corrected chi connectivity index (χ4v) is 2.38. The molecule has 0 spiro atoms. The maximum atomic E-state index is 9.83. The van der Waals surface area contributed by atoms with Crippen molar-refractivity contribution < 1.29 is 5.11 Å². The van der Waals surface area contributed by atoms with Crippen molar-refractivity contribution in [2.75, 3.05) is 0 Å². The minimum absolute atomic E-state index is 0.348. The maximum absolute atomic E-state index is 9.83. The number of aromatic hydroxyl groups is 1. The van der Waals surface area contributed by atoms with Crippen LogP contribution < -0.4 is 0 Å². The van der Waals surface area contributed by atoms with Crippen molar-refractivity contribution in [3.05, 3.63) is 66.2 Å². The highest BCUT2D eigenvalue weighted by Gasteiger charge is 2.07. The van der Waals surface area contributed by atoms with Gasteiger partial charge in [-0.15, -0.1) is 0 Å². The predicted molar refractivity (Wildman–Crippen MR) is 75.8 cm³/mol. The topological polar surface area (TPSA) is 20.2 Å². The number of benzene rings is 3. The van der Waals surface area contributed by atoms with Crippen LogP contribution in [-0.4, -0.2) is 5.11 Å². The van der Waals surface area contributed by atoms with Crippen LogP contribution in [-0.2, 0) is 0 Å². The Morgan fingerprint density at radius 3 is 2.28 bits per heavy atom. The molecular weight excluding hydrogens is 220 g/mol. The van der Waals surface area contributed by atoms with Crippen LogP contribution in [0.15, 0.2) is 60.7 Å². The largest absolute Gasteiger partial charge is 0.508 e. The lowest BCUT2D eigenvalue weighted by atomic mass is 9.95. The average molecular weight is 234 g/mol. The Balaban J connectivity index is 2.35. The fraction of sp³-hybridized carbons (Fsp3) is 0.0588. The summed E-state index contributed by atoms with van der Waals surface area (Å²) in [6, 6.07) is 20.2. The van der Waals surface area contributed by atoms with Gasteiger partial charge in [-0.2, -0.15) is 0 Å². The zero-order valence-electron chi connectivity index (χ0n) is 10.2. The number of phenols is 1. The maximum Gasteiger partial charge on any atom is 0.119 e. The van der Waals surface area contributed by atoms with Crippen molar-refractivity contribution in [2.45, 2.75) is 6.92 Å². The molecule has 0 aliphatic carbocycles. The smallest absolute Gasteiger partial charge is 0.119 e. The van der Waals surface area contributed by atoms with E-state index in [9.17, 15) is 5.11 Å². The van der Waals surface area contributed by atoms with Gasteiger partial charge < -0.3 is 5.11 Å². The van der Waals surface area contributed by atoms with Crippen LogP contribution in [0.5, 0.6) is 5.75 Å². The molecule has 1 heteroatoms. The van der Waals surface area contributed by atoms with Gasteiger partial charge in [-0.05, 0) is 40.5 Å². The molecule has 3 aromatic carbocycles. The molecule has 0 aromatic heterocycles. The van der Waals surface area contributed by atoms with Gasteiger partial charge in [0.05, 0.1) is 0 Å². The van der Waals surface area contributed by atoms with Crippen molar-refractivity contribution in [3.63, 3.8) is 0 Å². The van der Waals surface area contributed by atoms with Gasteiger partial charge in [-0.25, -0.2) is 0 Å². The Kier molecular flexibility index (Phi) is 2.52. The van der Waals surface area contributed by atoms with E-state index < -0.39 is 0 Å². The Morgan fingerprint density at radius 2 is 1.39 bits per heavy atom. The lowest BCUT2D eigenvalue weighted by molar-refractivity contribution is 0.471. The van der Waals surface area contributed by atoms with E-state index >= 15 is 0 Å². The van der Waals surface area contributed by atoms with Crippen LogP contribution in [0.4, 0.5) is 0 Å². The van der Waals surface area contributed by atoms with Crippen LogP contribution in [0.1, 0.15) is 5.56 Å². The lowest BCUT2D eigenvalue weighted by Crippen LogP contribution is -1.85. The molecule has 0 aliphatic heterocycles. The van der Waals surface area contributed by atoms with Gasteiger partial charge in [0.1, 0.15) is 5.75 Å². The van der Waals surface area contributed by atoms with E-state index in [2.05, 4.69) is 36.4 Å². The van der Waals surface area contributed by atoms with E-state index in [1.807, 2.05) is 25.1 Å². The van der Waals surface area contributed by atoms with E-state index in [1.54, 1.807) is 6.07 Å². The molecule has 1 nitrogen and oxygen atoms in total. The summed E-state index contributed by atoms with van der Waals surface area (Å²) < 4.78 is 0. The van der Waals surface area contributed by atoms with Crippen LogP contribution >= 0.6 is 0 Å². The summed E-state index contributed by atoms with van der Waals surface area (Å²) in [5, 5.41) is 12.3. The first-order chi connectivity index (χ1) is 8.77. The molecule has 0 heterocycles. The van der Waals surface area contributed by atoms with Gasteiger partial charge in [-0.1, -0.05) is 54.6 Å². The van der Waals surface area contributed by atoms with Crippen molar-refractivity contribution in [3.8, 4) is 16.9 Å². The summed E-state index contributed by atoms with van der Waals surface area (Å²) in [4.78, 5) is 0. The highest BCUT2D eigenvalue weighted by molar-refractivity contribution is 5.97. The van der Waals surface area contributed by atoms with Crippen molar-refractivity contribution in [2.24, 2.45) is 0 Å². The summed E-state index contributed by atoms with van der Waals surface area (Å²) >= 11 is 0. The normalized spacial score (nSPS) is 10.7. The highest BCUT2D eigenvalue weighted by Crippen LogP contribution is 2.33. The Morgan fingerprint density at radius 1 is 0.722 bits per heavy atom. The van der Waals surface area contributed by atoms with Gasteiger partial charge >= 0.3 is 0 Å². The first-order valence-electron chi connectivity index (χ1n) is 6.04. The SMILES string of the molecule is Cc1c(O)cccc1-c1cccc2ccccc12. The molecule has 3 aromatic rings. The minimum Gasteiger partial charge on any atom is -0.508 e. The first-order valence-corrected chi connectivity index (χ1v) is 6.04. The first kappa shape index (κ1) is 10.8. The van der Waals surface area contributed by atoms with Gasteiger partial charge in [0.25, 0.3) is 0 Å². The summed E-state index contributed by atoms with van der Waals surface area (Å²) in [6.45, 7) is 1.95. The van der Waals surface area contributed by atoms with Crippen molar-refractivity contribution in [1.29, 1.82) is 0 Å². The molecule has 0 radical (unpaired) electrons. The molecule has 1 N–H and O–H groups in total. The molecule has 0 unspecified atom stereocenters. The zero-order chi connectivity index (χ0) is 12.5. The number of phenolic OH excluding ortho intramolecular Hbond substituents is 1. The summed E-state index contributed by atoms with van der Waals surface area (Å²) in [7, 11) is 0. The average Bonchev–Trinajstić information content (AvgIpc) is 2.41.